The molecule has 1 aliphatic carbocycles. The van der Waals surface area contributed by atoms with E-state index in [1.807, 2.05) is 12.1 Å². The molecule has 8 heteroatoms. The van der Waals surface area contributed by atoms with E-state index < -0.39 is 10.0 Å². The second kappa shape index (κ2) is 11.6. The minimum Gasteiger partial charge on any atom is -0.311 e. The van der Waals surface area contributed by atoms with Crippen LogP contribution in [0.5, 0.6) is 0 Å². The Balaban J connectivity index is 0.00000181. The number of nitrogens with two attached hydrogens (primary N) is 1. The highest BCUT2D eigenvalue weighted by molar-refractivity contribution is 7.89. The minimum absolute atomic E-state index is 0. The maximum Gasteiger partial charge on any atom is 0.238 e. The summed E-state index contributed by atoms with van der Waals surface area (Å²) in [4.78, 5) is 2.61. The topological polar surface area (TPSA) is 75.4 Å². The fourth-order valence-electron chi connectivity index (χ4n) is 4.40. The fraction of sp³-hybridized carbons (Fsp3) is 0.417. The molecule has 176 valence electrons. The van der Waals surface area contributed by atoms with Crippen molar-refractivity contribution in [2.75, 3.05) is 13.1 Å². The van der Waals surface area contributed by atoms with E-state index in [1.165, 1.54) is 17.6 Å². The molecule has 32 heavy (non-hydrogen) atoms. The molecule has 0 unspecified atom stereocenters. The number of nitrogens with zero attached hydrogens (tertiary/aromatic N) is 1. The van der Waals surface area contributed by atoms with Crippen LogP contribution in [-0.2, 0) is 16.6 Å². The molecule has 0 radical (unpaired) electrons. The lowest BCUT2D eigenvalue weighted by atomic mass is 10.0. The van der Waals surface area contributed by atoms with E-state index in [0.29, 0.717) is 18.0 Å². The van der Waals surface area contributed by atoms with Crippen molar-refractivity contribution in [2.24, 2.45) is 11.1 Å². The molecule has 2 fully saturated rings. The summed E-state index contributed by atoms with van der Waals surface area (Å²) in [5.74, 6) is 0.667. The van der Waals surface area contributed by atoms with Crippen LogP contribution in [0.1, 0.15) is 37.3 Å². The Morgan fingerprint density at radius 2 is 1.69 bits per heavy atom. The molecule has 0 amide bonds. The van der Waals surface area contributed by atoms with Crippen molar-refractivity contribution >= 4 is 40.9 Å². The van der Waals surface area contributed by atoms with Gasteiger partial charge >= 0.3 is 0 Å². The second-order valence-corrected chi connectivity index (χ2v) is 10.2. The Kier molecular flexibility index (Phi) is 9.76. The van der Waals surface area contributed by atoms with Gasteiger partial charge in [0.25, 0.3) is 0 Å². The van der Waals surface area contributed by atoms with Crippen LogP contribution < -0.4 is 10.5 Å². The molecule has 0 spiro atoms. The summed E-state index contributed by atoms with van der Waals surface area (Å²) < 4.78 is 22.8. The van der Waals surface area contributed by atoms with Crippen LogP contribution in [0.15, 0.2) is 65.1 Å². The first-order chi connectivity index (χ1) is 14.4. The number of benzene rings is 2. The van der Waals surface area contributed by atoms with Gasteiger partial charge in [-0.25, -0.2) is 13.6 Å². The standard InChI is InChI=1S/C24H31N3O2S.2ClH/c1-18(15-19-5-3-2-4-6-19)23-16-24(23)26-21-11-13-27(14-12-21)17-20-7-9-22(10-8-20)30(25,28)29;;/h2-10,15,21,23-24,26H,11-14,16-17H2,1H3,(H2,25,28,29);2*1H/t23-,24+;;/m0../s1. The zero-order chi connectivity index (χ0) is 21.1. The lowest BCUT2D eigenvalue weighted by Crippen LogP contribution is -2.43. The largest absolute Gasteiger partial charge is 0.311 e. The van der Waals surface area contributed by atoms with Gasteiger partial charge in [0.2, 0.25) is 10.0 Å². The lowest BCUT2D eigenvalue weighted by molar-refractivity contribution is 0.189. The molecule has 2 atom stereocenters. The number of nitrogens with one attached hydrogen (secondary N) is 1. The third-order valence-electron chi connectivity index (χ3n) is 6.26. The summed E-state index contributed by atoms with van der Waals surface area (Å²) in [6.07, 6.45) is 5.86. The first-order valence-electron chi connectivity index (χ1n) is 10.7. The van der Waals surface area contributed by atoms with Crippen molar-refractivity contribution < 1.29 is 8.42 Å². The summed E-state index contributed by atoms with van der Waals surface area (Å²) in [6.45, 7) is 5.22. The van der Waals surface area contributed by atoms with E-state index in [1.54, 1.807) is 12.1 Å². The number of likely N-dealkylation sites (tertiary alicyclic amines) is 1. The van der Waals surface area contributed by atoms with Gasteiger partial charge in [-0.3, -0.25) is 4.90 Å². The number of sulfonamides is 1. The number of hydrogen-bond donors (Lipinski definition) is 2. The van der Waals surface area contributed by atoms with Gasteiger partial charge in [-0.1, -0.05) is 54.1 Å². The number of primary sulfonamides is 1. The summed E-state index contributed by atoms with van der Waals surface area (Å²) in [7, 11) is -3.62. The Morgan fingerprint density at radius 3 is 2.28 bits per heavy atom. The van der Waals surface area contributed by atoms with Crippen molar-refractivity contribution in [2.45, 2.75) is 49.7 Å². The third kappa shape index (κ3) is 7.30. The summed E-state index contributed by atoms with van der Waals surface area (Å²) in [5.41, 5.74) is 3.88. The second-order valence-electron chi connectivity index (χ2n) is 8.65. The molecule has 1 heterocycles. The molecule has 1 saturated carbocycles. The van der Waals surface area contributed by atoms with Crippen LogP contribution in [0.4, 0.5) is 0 Å². The summed E-state index contributed by atoms with van der Waals surface area (Å²) in [6, 6.07) is 18.7. The van der Waals surface area contributed by atoms with Crippen LogP contribution in [-0.4, -0.2) is 38.5 Å². The van der Waals surface area contributed by atoms with Crippen LogP contribution in [0.2, 0.25) is 0 Å². The summed E-state index contributed by atoms with van der Waals surface area (Å²) >= 11 is 0. The first-order valence-corrected chi connectivity index (χ1v) is 12.3. The third-order valence-corrected chi connectivity index (χ3v) is 7.19. The Labute approximate surface area is 204 Å². The van der Waals surface area contributed by atoms with E-state index in [9.17, 15) is 8.42 Å². The van der Waals surface area contributed by atoms with Crippen LogP contribution in [0, 0.1) is 5.92 Å². The highest BCUT2D eigenvalue weighted by atomic mass is 35.5. The minimum atomic E-state index is -3.62. The van der Waals surface area contributed by atoms with E-state index in [2.05, 4.69) is 53.5 Å². The van der Waals surface area contributed by atoms with Crippen LogP contribution >= 0.6 is 24.8 Å². The summed E-state index contributed by atoms with van der Waals surface area (Å²) in [5, 5.41) is 9.04. The Bertz CT molecular complexity index is 990. The molecule has 4 rings (SSSR count). The molecular formula is C24H33Cl2N3O2S. The molecule has 2 aromatic carbocycles. The molecule has 2 aromatic rings. The van der Waals surface area contributed by atoms with Gasteiger partial charge in [0.05, 0.1) is 4.90 Å². The molecule has 1 saturated heterocycles. The fourth-order valence-corrected chi connectivity index (χ4v) is 4.92. The van der Waals surface area contributed by atoms with Crippen LogP contribution in [0.25, 0.3) is 6.08 Å². The Morgan fingerprint density at radius 1 is 1.06 bits per heavy atom. The lowest BCUT2D eigenvalue weighted by Gasteiger charge is -2.32. The molecule has 5 nitrogen and oxygen atoms in total. The zero-order valence-electron chi connectivity index (χ0n) is 18.3. The van der Waals surface area contributed by atoms with Crippen molar-refractivity contribution in [3.63, 3.8) is 0 Å². The molecular weight excluding hydrogens is 465 g/mol. The highest BCUT2D eigenvalue weighted by Crippen LogP contribution is 2.38. The van der Waals surface area contributed by atoms with E-state index in [4.69, 9.17) is 5.14 Å². The predicted molar refractivity (Wildman–Crippen MR) is 136 cm³/mol. The Hall–Kier alpha value is -1.41. The van der Waals surface area contributed by atoms with Crippen molar-refractivity contribution in [3.05, 3.63) is 71.3 Å². The van der Waals surface area contributed by atoms with Gasteiger partial charge in [0.1, 0.15) is 0 Å². The van der Waals surface area contributed by atoms with Gasteiger partial charge in [-0.2, -0.15) is 0 Å². The molecule has 0 aromatic heterocycles. The monoisotopic (exact) mass is 497 g/mol. The predicted octanol–water partition coefficient (Wildman–Crippen LogP) is 4.22. The smallest absolute Gasteiger partial charge is 0.238 e. The number of halogens is 2. The van der Waals surface area contributed by atoms with Crippen molar-refractivity contribution in [1.29, 1.82) is 0 Å². The van der Waals surface area contributed by atoms with Crippen molar-refractivity contribution in [1.82, 2.24) is 10.2 Å². The number of rotatable bonds is 7. The van der Waals surface area contributed by atoms with E-state index in [-0.39, 0.29) is 29.7 Å². The van der Waals surface area contributed by atoms with Gasteiger partial charge in [0.15, 0.2) is 0 Å². The van der Waals surface area contributed by atoms with Crippen molar-refractivity contribution in [3.8, 4) is 0 Å². The quantitative estimate of drug-likeness (QED) is 0.600. The first kappa shape index (κ1) is 26.8. The number of hydrogen-bond acceptors (Lipinski definition) is 4. The van der Waals surface area contributed by atoms with E-state index >= 15 is 0 Å². The average Bonchev–Trinajstić information content (AvgIpc) is 3.49. The zero-order valence-corrected chi connectivity index (χ0v) is 20.8. The van der Waals surface area contributed by atoms with Gasteiger partial charge in [-0.15, -0.1) is 24.8 Å². The van der Waals surface area contributed by atoms with Gasteiger partial charge in [0, 0.05) is 18.6 Å². The normalized spacial score (nSPS) is 22.0. The number of piperidine rings is 1. The van der Waals surface area contributed by atoms with E-state index in [0.717, 1.165) is 38.0 Å². The maximum atomic E-state index is 11.4. The molecule has 3 N–H and O–H groups in total. The average molecular weight is 499 g/mol. The van der Waals surface area contributed by atoms with Crippen LogP contribution in [0.3, 0.4) is 0 Å². The molecule has 1 aliphatic heterocycles. The SMILES string of the molecule is CC(=Cc1ccccc1)[C@@H]1C[C@H]1NC1CCN(Cc2ccc(S(N)(=O)=O)cc2)CC1.Cl.Cl. The van der Waals surface area contributed by atoms with Gasteiger partial charge < -0.3 is 5.32 Å². The highest BCUT2D eigenvalue weighted by Gasteiger charge is 2.39. The van der Waals surface area contributed by atoms with Gasteiger partial charge in [-0.05, 0) is 68.5 Å². The molecule has 2 aliphatic rings. The maximum absolute atomic E-state index is 11.4. The molecule has 0 bridgehead atoms.